The molecule has 180 valence electrons. The van der Waals surface area contributed by atoms with Gasteiger partial charge in [0, 0.05) is 17.8 Å². The van der Waals surface area contributed by atoms with Gasteiger partial charge in [-0.25, -0.2) is 9.79 Å². The van der Waals surface area contributed by atoms with Gasteiger partial charge in [-0.2, -0.15) is 0 Å². The average Bonchev–Trinajstić information content (AvgIpc) is 3.15. The molecule has 0 bridgehead atoms. The van der Waals surface area contributed by atoms with E-state index in [1.54, 1.807) is 32.1 Å². The Bertz CT molecular complexity index is 1530. The Morgan fingerprint density at radius 1 is 1.29 bits per heavy atom. The third-order valence-electron chi connectivity index (χ3n) is 5.46. The number of hydrogen-bond donors (Lipinski definition) is 1. The molecule has 0 aliphatic carbocycles. The first-order valence-corrected chi connectivity index (χ1v) is 11.4. The third kappa shape index (κ3) is 4.45. The van der Waals surface area contributed by atoms with Crippen molar-refractivity contribution in [2.24, 2.45) is 4.99 Å². The molecule has 0 amide bonds. The van der Waals surface area contributed by atoms with Crippen LogP contribution >= 0.6 is 11.3 Å². The number of carbonyl (C=O) groups excluding carboxylic acids is 1. The molecule has 0 fully saturated rings. The van der Waals surface area contributed by atoms with Crippen molar-refractivity contribution in [2.75, 3.05) is 13.7 Å². The van der Waals surface area contributed by atoms with Crippen molar-refractivity contribution in [3.05, 3.63) is 89.0 Å². The number of thiazole rings is 1. The van der Waals surface area contributed by atoms with Gasteiger partial charge in [-0.3, -0.25) is 19.5 Å². The minimum absolute atomic E-state index is 0.0226. The number of methoxy groups -OCH3 is 1. The lowest BCUT2D eigenvalue weighted by molar-refractivity contribution is -0.384. The summed E-state index contributed by atoms with van der Waals surface area (Å²) in [4.78, 5) is 41.7. The molecule has 3 aromatic rings. The Hall–Kier alpha value is -4.25. The number of hydrogen-bond acceptors (Lipinski definition) is 9. The topological polar surface area (TPSA) is 133 Å². The maximum Gasteiger partial charge on any atom is 0.338 e. The van der Waals surface area contributed by atoms with Crippen molar-refractivity contribution >= 4 is 34.8 Å². The van der Waals surface area contributed by atoms with Gasteiger partial charge in [0.2, 0.25) is 0 Å². The fourth-order valence-electron chi connectivity index (χ4n) is 3.77. The second-order valence-electron chi connectivity index (χ2n) is 7.56. The Morgan fingerprint density at radius 2 is 2.00 bits per heavy atom. The zero-order valence-corrected chi connectivity index (χ0v) is 19.9. The van der Waals surface area contributed by atoms with Gasteiger partial charge in [-0.1, -0.05) is 17.4 Å². The van der Waals surface area contributed by atoms with Gasteiger partial charge in [0.15, 0.2) is 16.3 Å². The number of phenolic OH excluding ortho intramolecular Hbond substituents is 1. The van der Waals surface area contributed by atoms with Crippen LogP contribution in [0.1, 0.15) is 31.0 Å². The van der Waals surface area contributed by atoms with Crippen LogP contribution in [0.25, 0.3) is 11.8 Å². The number of carbonyl (C=O) groups is 1. The van der Waals surface area contributed by atoms with E-state index >= 15 is 0 Å². The number of aromatic nitrogens is 1. The first kappa shape index (κ1) is 23.9. The standard InChI is InChI=1S/C24H21N3O7S/c1-4-34-23(30)20-13(2)26-22(29)19(12-14-5-10-17(28)18(11-14)33-3)35-24(26)25-21(20)15-6-8-16(9-7-15)27(31)32/h5-12,21,28H,4H2,1-3H3/b19-12-/t21-/m0/s1. The summed E-state index contributed by atoms with van der Waals surface area (Å²) in [5.41, 5.74) is 1.31. The van der Waals surface area contributed by atoms with Crippen LogP contribution in [-0.2, 0) is 9.53 Å². The zero-order valence-electron chi connectivity index (χ0n) is 19.0. The monoisotopic (exact) mass is 495 g/mol. The second kappa shape index (κ2) is 9.55. The summed E-state index contributed by atoms with van der Waals surface area (Å²) < 4.78 is 12.1. The number of benzene rings is 2. The van der Waals surface area contributed by atoms with Crippen molar-refractivity contribution in [1.82, 2.24) is 4.57 Å². The van der Waals surface area contributed by atoms with Crippen LogP contribution in [0.4, 0.5) is 5.69 Å². The highest BCUT2D eigenvalue weighted by Gasteiger charge is 2.31. The Morgan fingerprint density at radius 3 is 2.63 bits per heavy atom. The summed E-state index contributed by atoms with van der Waals surface area (Å²) in [5, 5.41) is 20.9. The minimum Gasteiger partial charge on any atom is -0.504 e. The van der Waals surface area contributed by atoms with Crippen molar-refractivity contribution < 1.29 is 24.3 Å². The molecule has 1 aliphatic heterocycles. The van der Waals surface area contributed by atoms with Crippen LogP contribution in [0, 0.1) is 10.1 Å². The molecule has 2 heterocycles. The Balaban J connectivity index is 1.91. The summed E-state index contributed by atoms with van der Waals surface area (Å²) in [6.07, 6.45) is 1.65. The zero-order chi connectivity index (χ0) is 25.3. The highest BCUT2D eigenvalue weighted by molar-refractivity contribution is 7.07. The van der Waals surface area contributed by atoms with E-state index in [9.17, 15) is 24.8 Å². The normalized spacial score (nSPS) is 15.4. The SMILES string of the molecule is CCOC(=O)C1=C(C)n2c(s/c(=C\c3ccc(O)c(OC)c3)c2=O)=N[C@H]1c1ccc([N+](=O)[O-])cc1. The minimum atomic E-state index is -0.797. The van der Waals surface area contributed by atoms with Crippen LogP contribution in [0.3, 0.4) is 0 Å². The molecule has 0 spiro atoms. The van der Waals surface area contributed by atoms with Gasteiger partial charge < -0.3 is 14.6 Å². The molecule has 35 heavy (non-hydrogen) atoms. The second-order valence-corrected chi connectivity index (χ2v) is 8.57. The lowest BCUT2D eigenvalue weighted by atomic mass is 9.96. The fourth-order valence-corrected chi connectivity index (χ4v) is 4.81. The maximum atomic E-state index is 13.3. The maximum absolute atomic E-state index is 13.3. The molecule has 11 heteroatoms. The molecule has 1 atom stereocenters. The highest BCUT2D eigenvalue weighted by atomic mass is 32.1. The van der Waals surface area contributed by atoms with E-state index in [4.69, 9.17) is 9.47 Å². The summed E-state index contributed by atoms with van der Waals surface area (Å²) in [6.45, 7) is 3.45. The van der Waals surface area contributed by atoms with E-state index in [1.165, 1.54) is 42.0 Å². The molecule has 0 saturated heterocycles. The summed E-state index contributed by atoms with van der Waals surface area (Å²) >= 11 is 1.14. The van der Waals surface area contributed by atoms with E-state index in [-0.39, 0.29) is 34.9 Å². The van der Waals surface area contributed by atoms with Gasteiger partial charge in [0.05, 0.1) is 28.7 Å². The molecular weight excluding hydrogens is 474 g/mol. The number of nitro benzene ring substituents is 1. The number of aromatic hydroxyl groups is 1. The molecule has 1 aliphatic rings. The smallest absolute Gasteiger partial charge is 0.338 e. The van der Waals surface area contributed by atoms with E-state index in [0.29, 0.717) is 26.2 Å². The van der Waals surface area contributed by atoms with Crippen LogP contribution < -0.4 is 19.6 Å². The fraction of sp³-hybridized carbons (Fsp3) is 0.208. The first-order chi connectivity index (χ1) is 16.7. The predicted molar refractivity (Wildman–Crippen MR) is 129 cm³/mol. The molecule has 1 aromatic heterocycles. The molecule has 0 radical (unpaired) electrons. The van der Waals surface area contributed by atoms with Crippen LogP contribution in [0.2, 0.25) is 0 Å². The lowest BCUT2D eigenvalue weighted by Gasteiger charge is -2.22. The number of non-ortho nitro benzene ring substituents is 1. The first-order valence-electron chi connectivity index (χ1n) is 10.6. The van der Waals surface area contributed by atoms with Crippen molar-refractivity contribution in [3.8, 4) is 11.5 Å². The number of phenols is 1. The van der Waals surface area contributed by atoms with Crippen LogP contribution in [-0.4, -0.2) is 34.3 Å². The summed E-state index contributed by atoms with van der Waals surface area (Å²) in [7, 11) is 1.43. The largest absolute Gasteiger partial charge is 0.504 e. The number of allylic oxidation sites excluding steroid dienone is 1. The predicted octanol–water partition coefficient (Wildman–Crippen LogP) is 2.53. The number of rotatable bonds is 6. The number of nitro groups is 1. The van der Waals surface area contributed by atoms with Gasteiger partial charge in [-0.05, 0) is 55.3 Å². The van der Waals surface area contributed by atoms with Crippen LogP contribution in [0.15, 0.2) is 57.8 Å². The number of esters is 1. The van der Waals surface area contributed by atoms with E-state index in [1.807, 2.05) is 0 Å². The van der Waals surface area contributed by atoms with Crippen LogP contribution in [0.5, 0.6) is 11.5 Å². The van der Waals surface area contributed by atoms with Gasteiger partial charge in [0.1, 0.15) is 6.04 Å². The van der Waals surface area contributed by atoms with Gasteiger partial charge in [0.25, 0.3) is 11.2 Å². The van der Waals surface area contributed by atoms with E-state index < -0.39 is 16.9 Å². The average molecular weight is 496 g/mol. The highest BCUT2D eigenvalue weighted by Crippen LogP contribution is 2.33. The van der Waals surface area contributed by atoms with Gasteiger partial charge >= 0.3 is 5.97 Å². The van der Waals surface area contributed by atoms with E-state index in [0.717, 1.165) is 11.3 Å². The van der Waals surface area contributed by atoms with Crippen molar-refractivity contribution in [1.29, 1.82) is 0 Å². The number of fused-ring (bicyclic) bond motifs is 1. The molecule has 1 N–H and O–H groups in total. The Kier molecular flexibility index (Phi) is 6.52. The molecular formula is C24H21N3O7S. The van der Waals surface area contributed by atoms with Crippen molar-refractivity contribution in [3.63, 3.8) is 0 Å². The molecule has 0 unspecified atom stereocenters. The summed E-state index contributed by atoms with van der Waals surface area (Å²) in [5.74, 6) is -0.371. The quantitative estimate of drug-likeness (QED) is 0.316. The molecule has 10 nitrogen and oxygen atoms in total. The molecule has 4 rings (SSSR count). The Labute approximate surface area is 202 Å². The van der Waals surface area contributed by atoms with Gasteiger partial charge in [-0.15, -0.1) is 0 Å². The number of ether oxygens (including phenoxy) is 2. The number of nitrogens with zero attached hydrogens (tertiary/aromatic N) is 3. The molecule has 2 aromatic carbocycles. The summed E-state index contributed by atoms with van der Waals surface area (Å²) in [6, 6.07) is 9.68. The third-order valence-corrected chi connectivity index (χ3v) is 6.44. The van der Waals surface area contributed by atoms with E-state index in [2.05, 4.69) is 4.99 Å². The lowest BCUT2D eigenvalue weighted by Crippen LogP contribution is -2.35. The van der Waals surface area contributed by atoms with Crippen molar-refractivity contribution in [2.45, 2.75) is 19.9 Å². The molecule has 0 saturated carbocycles.